The molecular formula is C25H26N2O2S. The molecule has 0 aliphatic carbocycles. The van der Waals surface area contributed by atoms with Gasteiger partial charge in [-0.15, -0.1) is 11.8 Å². The minimum Gasteiger partial charge on any atom is -0.325 e. The van der Waals surface area contributed by atoms with Crippen molar-refractivity contribution in [3.63, 3.8) is 0 Å². The number of carbonyl (C=O) groups is 2. The fraction of sp³-hybridized carbons (Fsp3) is 0.200. The normalized spacial score (nSPS) is 11.6. The monoisotopic (exact) mass is 418 g/mol. The highest BCUT2D eigenvalue weighted by Gasteiger charge is 2.18. The molecule has 0 spiro atoms. The Bertz CT molecular complexity index is 1010. The van der Waals surface area contributed by atoms with Crippen molar-refractivity contribution in [2.75, 3.05) is 10.6 Å². The number of hydrogen-bond donors (Lipinski definition) is 2. The van der Waals surface area contributed by atoms with E-state index >= 15 is 0 Å². The first-order chi connectivity index (χ1) is 14.4. The number of amides is 2. The third-order valence-corrected chi connectivity index (χ3v) is 6.02. The number of thioether (sulfide) groups is 1. The van der Waals surface area contributed by atoms with E-state index in [1.165, 1.54) is 11.8 Å². The second-order valence-corrected chi connectivity index (χ2v) is 8.49. The first kappa shape index (κ1) is 21.7. The molecule has 0 heterocycles. The Morgan fingerprint density at radius 1 is 0.833 bits per heavy atom. The van der Waals surface area contributed by atoms with E-state index in [9.17, 15) is 9.59 Å². The molecule has 3 rings (SSSR count). The van der Waals surface area contributed by atoms with Crippen LogP contribution in [0.15, 0.2) is 77.7 Å². The average molecular weight is 419 g/mol. The summed E-state index contributed by atoms with van der Waals surface area (Å²) in [4.78, 5) is 26.1. The Kier molecular flexibility index (Phi) is 7.31. The summed E-state index contributed by atoms with van der Waals surface area (Å²) in [6.07, 6.45) is 0.697. The standard InChI is InChI=1S/C25H26N2O2S/c1-4-23(25(29)26-20-14-10-18(3)11-15-20)30-22-7-5-6-21(16-22)27-24(28)19-12-8-17(2)9-13-19/h5-16,23H,4H2,1-3H3,(H,26,29)(H,27,28). The molecule has 30 heavy (non-hydrogen) atoms. The molecule has 0 radical (unpaired) electrons. The van der Waals surface area contributed by atoms with Crippen LogP contribution in [0.3, 0.4) is 0 Å². The van der Waals surface area contributed by atoms with Gasteiger partial charge in [0.2, 0.25) is 5.91 Å². The molecule has 3 aromatic carbocycles. The molecule has 5 heteroatoms. The number of carbonyl (C=O) groups excluding carboxylic acids is 2. The van der Waals surface area contributed by atoms with Gasteiger partial charge in [0, 0.05) is 21.8 Å². The lowest BCUT2D eigenvalue weighted by molar-refractivity contribution is -0.115. The zero-order chi connectivity index (χ0) is 21.5. The largest absolute Gasteiger partial charge is 0.325 e. The van der Waals surface area contributed by atoms with Crippen molar-refractivity contribution in [1.29, 1.82) is 0 Å². The van der Waals surface area contributed by atoms with Crippen LogP contribution in [0.1, 0.15) is 34.8 Å². The Hall–Kier alpha value is -3.05. The van der Waals surface area contributed by atoms with Gasteiger partial charge in [-0.25, -0.2) is 0 Å². The molecule has 0 aliphatic heterocycles. The quantitative estimate of drug-likeness (QED) is 0.458. The fourth-order valence-corrected chi connectivity index (χ4v) is 3.91. The van der Waals surface area contributed by atoms with Gasteiger partial charge in [-0.05, 0) is 62.7 Å². The molecule has 0 fully saturated rings. The smallest absolute Gasteiger partial charge is 0.255 e. The van der Waals surface area contributed by atoms with Crippen molar-refractivity contribution in [1.82, 2.24) is 0 Å². The van der Waals surface area contributed by atoms with Crippen LogP contribution in [0.4, 0.5) is 11.4 Å². The third kappa shape index (κ3) is 5.97. The first-order valence-electron chi connectivity index (χ1n) is 9.97. The third-order valence-electron chi connectivity index (χ3n) is 4.67. The van der Waals surface area contributed by atoms with Crippen molar-refractivity contribution in [3.05, 3.63) is 89.5 Å². The van der Waals surface area contributed by atoms with E-state index in [4.69, 9.17) is 0 Å². The molecule has 0 aliphatic rings. The van der Waals surface area contributed by atoms with Crippen LogP contribution >= 0.6 is 11.8 Å². The second-order valence-electron chi connectivity index (χ2n) is 7.22. The van der Waals surface area contributed by atoms with E-state index in [0.29, 0.717) is 17.7 Å². The van der Waals surface area contributed by atoms with Crippen LogP contribution in [-0.2, 0) is 4.79 Å². The molecule has 3 aromatic rings. The van der Waals surface area contributed by atoms with Crippen LogP contribution in [0.2, 0.25) is 0 Å². The molecule has 0 saturated heterocycles. The Morgan fingerprint density at radius 3 is 2.10 bits per heavy atom. The maximum Gasteiger partial charge on any atom is 0.255 e. The Labute approximate surface area is 182 Å². The van der Waals surface area contributed by atoms with E-state index < -0.39 is 0 Å². The summed E-state index contributed by atoms with van der Waals surface area (Å²) < 4.78 is 0. The van der Waals surface area contributed by atoms with Gasteiger partial charge in [-0.1, -0.05) is 48.4 Å². The second kappa shape index (κ2) is 10.1. The summed E-state index contributed by atoms with van der Waals surface area (Å²) in [6, 6.07) is 22.8. The minimum absolute atomic E-state index is 0.0274. The topological polar surface area (TPSA) is 58.2 Å². The van der Waals surface area contributed by atoms with Gasteiger partial charge in [0.25, 0.3) is 5.91 Å². The molecule has 2 N–H and O–H groups in total. The predicted octanol–water partition coefficient (Wildman–Crippen LogP) is 6.07. The maximum atomic E-state index is 12.7. The average Bonchev–Trinajstić information content (AvgIpc) is 2.74. The molecule has 4 nitrogen and oxygen atoms in total. The highest BCUT2D eigenvalue weighted by atomic mass is 32.2. The molecule has 0 bridgehead atoms. The van der Waals surface area contributed by atoms with Crippen LogP contribution in [-0.4, -0.2) is 17.1 Å². The number of aryl methyl sites for hydroxylation is 2. The van der Waals surface area contributed by atoms with E-state index in [1.54, 1.807) is 0 Å². The first-order valence-corrected chi connectivity index (χ1v) is 10.8. The zero-order valence-corrected chi connectivity index (χ0v) is 18.3. The number of rotatable bonds is 7. The predicted molar refractivity (Wildman–Crippen MR) is 125 cm³/mol. The summed E-state index contributed by atoms with van der Waals surface area (Å²) in [5, 5.41) is 5.69. The highest BCUT2D eigenvalue weighted by molar-refractivity contribution is 8.00. The van der Waals surface area contributed by atoms with Crippen LogP contribution in [0.5, 0.6) is 0 Å². The Morgan fingerprint density at radius 2 is 1.47 bits per heavy atom. The number of anilines is 2. The lowest BCUT2D eigenvalue weighted by Crippen LogP contribution is -2.24. The lowest BCUT2D eigenvalue weighted by Gasteiger charge is -2.15. The van der Waals surface area contributed by atoms with Gasteiger partial charge in [-0.2, -0.15) is 0 Å². The number of benzene rings is 3. The molecular weight excluding hydrogens is 392 g/mol. The summed E-state index contributed by atoms with van der Waals surface area (Å²) in [5.74, 6) is -0.179. The van der Waals surface area contributed by atoms with Crippen molar-refractivity contribution in [3.8, 4) is 0 Å². The molecule has 154 valence electrons. The van der Waals surface area contributed by atoms with Gasteiger partial charge < -0.3 is 10.6 Å². The fourth-order valence-electron chi connectivity index (χ4n) is 2.90. The van der Waals surface area contributed by atoms with E-state index in [-0.39, 0.29) is 17.1 Å². The van der Waals surface area contributed by atoms with Crippen LogP contribution in [0.25, 0.3) is 0 Å². The van der Waals surface area contributed by atoms with Gasteiger partial charge in [0.05, 0.1) is 5.25 Å². The molecule has 1 atom stereocenters. The van der Waals surface area contributed by atoms with Crippen molar-refractivity contribution >= 4 is 35.0 Å². The summed E-state index contributed by atoms with van der Waals surface area (Å²) in [7, 11) is 0. The maximum absolute atomic E-state index is 12.7. The Balaban J connectivity index is 1.65. The van der Waals surface area contributed by atoms with E-state index in [2.05, 4.69) is 10.6 Å². The van der Waals surface area contributed by atoms with E-state index in [1.807, 2.05) is 93.6 Å². The van der Waals surface area contributed by atoms with Crippen LogP contribution in [0, 0.1) is 13.8 Å². The summed E-state index contributed by atoms with van der Waals surface area (Å²) >= 11 is 1.49. The van der Waals surface area contributed by atoms with Gasteiger partial charge in [0.15, 0.2) is 0 Å². The lowest BCUT2D eigenvalue weighted by atomic mass is 10.1. The van der Waals surface area contributed by atoms with Crippen molar-refractivity contribution < 1.29 is 9.59 Å². The number of hydrogen-bond acceptors (Lipinski definition) is 3. The van der Waals surface area contributed by atoms with Gasteiger partial charge >= 0.3 is 0 Å². The van der Waals surface area contributed by atoms with Crippen LogP contribution < -0.4 is 10.6 Å². The summed E-state index contributed by atoms with van der Waals surface area (Å²) in [5.41, 5.74) is 4.38. The highest BCUT2D eigenvalue weighted by Crippen LogP contribution is 2.28. The summed E-state index contributed by atoms with van der Waals surface area (Å²) in [6.45, 7) is 6.00. The number of nitrogens with one attached hydrogen (secondary N) is 2. The van der Waals surface area contributed by atoms with Crippen molar-refractivity contribution in [2.45, 2.75) is 37.3 Å². The van der Waals surface area contributed by atoms with Crippen molar-refractivity contribution in [2.24, 2.45) is 0 Å². The van der Waals surface area contributed by atoms with Gasteiger partial charge in [0.1, 0.15) is 0 Å². The van der Waals surface area contributed by atoms with Gasteiger partial charge in [-0.3, -0.25) is 9.59 Å². The molecule has 2 amide bonds. The zero-order valence-electron chi connectivity index (χ0n) is 17.4. The minimum atomic E-state index is -0.227. The molecule has 0 aromatic heterocycles. The SMILES string of the molecule is CCC(Sc1cccc(NC(=O)c2ccc(C)cc2)c1)C(=O)Nc1ccc(C)cc1. The van der Waals surface area contributed by atoms with E-state index in [0.717, 1.165) is 21.7 Å². The molecule has 0 saturated carbocycles. The molecule has 1 unspecified atom stereocenters.